The third kappa shape index (κ3) is 2.40. The maximum Gasteiger partial charge on any atom is 0.106 e. The van der Waals surface area contributed by atoms with Gasteiger partial charge < -0.3 is 9.73 Å². The molecule has 0 aliphatic heterocycles. The third-order valence-electron chi connectivity index (χ3n) is 4.76. The van der Waals surface area contributed by atoms with Crippen molar-refractivity contribution in [1.29, 1.82) is 0 Å². The molecule has 0 bridgehead atoms. The summed E-state index contributed by atoms with van der Waals surface area (Å²) >= 11 is 0. The van der Waals surface area contributed by atoms with Gasteiger partial charge in [0, 0.05) is 29.4 Å². The Hall–Kier alpha value is -1.61. The number of nitrogens with zero attached hydrogens (tertiary/aromatic N) is 1. The highest BCUT2D eigenvalue weighted by atomic mass is 16.3. The van der Waals surface area contributed by atoms with Gasteiger partial charge in [-0.05, 0) is 57.4 Å². The van der Waals surface area contributed by atoms with Crippen LogP contribution in [0.2, 0.25) is 0 Å². The molecule has 0 saturated heterocycles. The Morgan fingerprint density at radius 3 is 2.81 bits per heavy atom. The quantitative estimate of drug-likeness (QED) is 0.923. The Labute approximate surface area is 126 Å². The van der Waals surface area contributed by atoms with Crippen molar-refractivity contribution in [2.24, 2.45) is 0 Å². The number of pyridine rings is 1. The number of hydrogen-bond donors (Lipinski definition) is 1. The van der Waals surface area contributed by atoms with Gasteiger partial charge in [0.15, 0.2) is 0 Å². The standard InChI is InChI=1S/C18H24N2O/c1-5-19-18(16-11(2)12(3)21-13(16)4)15-9-8-14-7-6-10-20-17(14)15/h6-7,10,15,18-19H,5,8-9H2,1-4H3. The SMILES string of the molecule is CCNC(c1c(C)oc(C)c1C)C1CCc2cccnc21. The number of fused-ring (bicyclic) bond motifs is 1. The fourth-order valence-corrected chi connectivity index (χ4v) is 3.70. The normalized spacial score (nSPS) is 18.8. The Bertz CT molecular complexity index is 645. The van der Waals surface area contributed by atoms with Gasteiger partial charge in [0.05, 0.1) is 0 Å². The predicted octanol–water partition coefficient (Wildman–Crippen LogP) is 3.98. The Morgan fingerprint density at radius 2 is 2.14 bits per heavy atom. The lowest BCUT2D eigenvalue weighted by Gasteiger charge is -2.25. The highest BCUT2D eigenvalue weighted by Gasteiger charge is 2.34. The molecule has 2 unspecified atom stereocenters. The van der Waals surface area contributed by atoms with Crippen LogP contribution in [-0.2, 0) is 6.42 Å². The van der Waals surface area contributed by atoms with E-state index in [0.29, 0.717) is 12.0 Å². The van der Waals surface area contributed by atoms with E-state index in [1.807, 2.05) is 12.3 Å². The number of hydrogen-bond acceptors (Lipinski definition) is 3. The lowest BCUT2D eigenvalue weighted by atomic mass is 9.88. The summed E-state index contributed by atoms with van der Waals surface area (Å²) in [6.07, 6.45) is 4.21. The van der Waals surface area contributed by atoms with Crippen LogP contribution in [0.5, 0.6) is 0 Å². The topological polar surface area (TPSA) is 38.1 Å². The van der Waals surface area contributed by atoms with Crippen LogP contribution in [0.25, 0.3) is 0 Å². The summed E-state index contributed by atoms with van der Waals surface area (Å²) < 4.78 is 5.86. The molecule has 2 aromatic heterocycles. The molecule has 2 aromatic rings. The highest BCUT2D eigenvalue weighted by Crippen LogP contribution is 2.43. The second-order valence-electron chi connectivity index (χ2n) is 5.98. The summed E-state index contributed by atoms with van der Waals surface area (Å²) in [5, 5.41) is 3.68. The molecule has 0 spiro atoms. The molecule has 1 aliphatic rings. The summed E-state index contributed by atoms with van der Waals surface area (Å²) in [7, 11) is 0. The van der Waals surface area contributed by atoms with Crippen LogP contribution in [0.1, 0.15) is 59.2 Å². The summed E-state index contributed by atoms with van der Waals surface area (Å²) in [4.78, 5) is 4.66. The van der Waals surface area contributed by atoms with Gasteiger partial charge in [-0.1, -0.05) is 13.0 Å². The molecule has 0 aromatic carbocycles. The number of nitrogens with one attached hydrogen (secondary N) is 1. The lowest BCUT2D eigenvalue weighted by molar-refractivity contribution is 0.432. The van der Waals surface area contributed by atoms with Crippen LogP contribution in [0.3, 0.4) is 0 Å². The first-order valence-electron chi connectivity index (χ1n) is 7.87. The van der Waals surface area contributed by atoms with Crippen LogP contribution in [0.15, 0.2) is 22.7 Å². The van der Waals surface area contributed by atoms with Crippen LogP contribution in [-0.4, -0.2) is 11.5 Å². The van der Waals surface area contributed by atoms with Gasteiger partial charge in [-0.3, -0.25) is 4.98 Å². The molecule has 1 aliphatic carbocycles. The molecule has 112 valence electrons. The number of furan rings is 1. The first kappa shape index (κ1) is 14.3. The molecule has 3 nitrogen and oxygen atoms in total. The minimum absolute atomic E-state index is 0.295. The molecule has 2 atom stereocenters. The minimum Gasteiger partial charge on any atom is -0.466 e. The van der Waals surface area contributed by atoms with Crippen molar-refractivity contribution in [3.63, 3.8) is 0 Å². The van der Waals surface area contributed by atoms with Crippen LogP contribution >= 0.6 is 0 Å². The third-order valence-corrected chi connectivity index (χ3v) is 4.76. The Kier molecular flexibility index (Phi) is 3.85. The van der Waals surface area contributed by atoms with Crippen molar-refractivity contribution in [2.45, 2.75) is 52.5 Å². The van der Waals surface area contributed by atoms with Gasteiger partial charge in [0.1, 0.15) is 11.5 Å². The number of aromatic nitrogens is 1. The predicted molar refractivity (Wildman–Crippen MR) is 84.6 cm³/mol. The highest BCUT2D eigenvalue weighted by molar-refractivity contribution is 5.39. The summed E-state index contributed by atoms with van der Waals surface area (Å²) in [5.74, 6) is 2.51. The van der Waals surface area contributed by atoms with E-state index in [0.717, 1.165) is 30.9 Å². The largest absolute Gasteiger partial charge is 0.466 e. The molecule has 21 heavy (non-hydrogen) atoms. The van der Waals surface area contributed by atoms with Crippen molar-refractivity contribution in [1.82, 2.24) is 10.3 Å². The molecule has 0 radical (unpaired) electrons. The van der Waals surface area contributed by atoms with E-state index in [4.69, 9.17) is 4.42 Å². The molecule has 2 heterocycles. The van der Waals surface area contributed by atoms with Crippen molar-refractivity contribution in [2.75, 3.05) is 6.54 Å². The fraction of sp³-hybridized carbons (Fsp3) is 0.500. The average molecular weight is 284 g/mol. The average Bonchev–Trinajstić information content (AvgIpc) is 2.99. The number of aryl methyl sites for hydroxylation is 3. The van der Waals surface area contributed by atoms with Crippen molar-refractivity contribution in [3.05, 3.63) is 52.2 Å². The van der Waals surface area contributed by atoms with E-state index in [-0.39, 0.29) is 0 Å². The Balaban J connectivity index is 2.04. The van der Waals surface area contributed by atoms with E-state index in [1.54, 1.807) is 0 Å². The van der Waals surface area contributed by atoms with Gasteiger partial charge in [-0.2, -0.15) is 0 Å². The lowest BCUT2D eigenvalue weighted by Crippen LogP contribution is -2.27. The molecule has 3 heteroatoms. The molecule has 0 saturated carbocycles. The second kappa shape index (κ2) is 5.64. The van der Waals surface area contributed by atoms with Gasteiger partial charge >= 0.3 is 0 Å². The number of likely N-dealkylation sites (N-methyl/N-ethyl adjacent to an activating group) is 1. The molecule has 0 amide bonds. The molecule has 1 N–H and O–H groups in total. The van der Waals surface area contributed by atoms with Crippen LogP contribution in [0.4, 0.5) is 0 Å². The van der Waals surface area contributed by atoms with E-state index < -0.39 is 0 Å². The molecule has 3 rings (SSSR count). The van der Waals surface area contributed by atoms with E-state index in [9.17, 15) is 0 Å². The maximum atomic E-state index is 5.86. The minimum atomic E-state index is 0.295. The monoisotopic (exact) mass is 284 g/mol. The molecule has 0 fully saturated rings. The van der Waals surface area contributed by atoms with E-state index in [2.05, 4.69) is 44.1 Å². The molecular formula is C18H24N2O. The Morgan fingerprint density at radius 1 is 1.33 bits per heavy atom. The zero-order valence-electron chi connectivity index (χ0n) is 13.4. The maximum absolute atomic E-state index is 5.86. The van der Waals surface area contributed by atoms with Crippen molar-refractivity contribution in [3.8, 4) is 0 Å². The summed E-state index contributed by atoms with van der Waals surface area (Å²) in [6, 6.07) is 4.55. The summed E-state index contributed by atoms with van der Waals surface area (Å²) in [5.41, 5.74) is 5.28. The zero-order chi connectivity index (χ0) is 15.0. The van der Waals surface area contributed by atoms with Gasteiger partial charge in [-0.15, -0.1) is 0 Å². The second-order valence-corrected chi connectivity index (χ2v) is 5.98. The molecular weight excluding hydrogens is 260 g/mol. The van der Waals surface area contributed by atoms with Crippen LogP contribution < -0.4 is 5.32 Å². The van der Waals surface area contributed by atoms with E-state index >= 15 is 0 Å². The van der Waals surface area contributed by atoms with Crippen molar-refractivity contribution < 1.29 is 4.42 Å². The first-order chi connectivity index (χ1) is 10.1. The van der Waals surface area contributed by atoms with Gasteiger partial charge in [-0.25, -0.2) is 0 Å². The first-order valence-corrected chi connectivity index (χ1v) is 7.87. The van der Waals surface area contributed by atoms with Gasteiger partial charge in [0.2, 0.25) is 0 Å². The van der Waals surface area contributed by atoms with Crippen molar-refractivity contribution >= 4 is 0 Å². The zero-order valence-corrected chi connectivity index (χ0v) is 13.4. The van der Waals surface area contributed by atoms with E-state index in [1.165, 1.54) is 22.4 Å². The number of rotatable bonds is 4. The summed E-state index contributed by atoms with van der Waals surface area (Å²) in [6.45, 7) is 9.41. The van der Waals surface area contributed by atoms with Gasteiger partial charge in [0.25, 0.3) is 0 Å². The fourth-order valence-electron chi connectivity index (χ4n) is 3.70. The van der Waals surface area contributed by atoms with Crippen LogP contribution in [0, 0.1) is 20.8 Å². The smallest absolute Gasteiger partial charge is 0.106 e.